The quantitative estimate of drug-likeness (QED) is 0.233. The molecule has 6 rings (SSSR count). The zero-order valence-electron chi connectivity index (χ0n) is 28.9. The third-order valence-electron chi connectivity index (χ3n) is 12.0. The van der Waals surface area contributed by atoms with Gasteiger partial charge in [-0.2, -0.15) is 5.10 Å². The largest absolute Gasteiger partial charge is 0.477 e. The second kappa shape index (κ2) is 17.5. The van der Waals surface area contributed by atoms with Crippen LogP contribution in [0.4, 0.5) is 0 Å². The van der Waals surface area contributed by atoms with E-state index in [1.165, 1.54) is 63.4 Å². The van der Waals surface area contributed by atoms with Gasteiger partial charge >= 0.3 is 5.97 Å². The molecule has 0 bridgehead atoms. The molecule has 5 aliphatic carbocycles. The Morgan fingerprint density at radius 1 is 0.956 bits per heavy atom. The number of hydrogen-bond donors (Lipinski definition) is 3. The summed E-state index contributed by atoms with van der Waals surface area (Å²) >= 11 is 0. The molecule has 0 spiro atoms. The Bertz CT molecular complexity index is 1170. The average Bonchev–Trinajstić information content (AvgIpc) is 3.73. The summed E-state index contributed by atoms with van der Waals surface area (Å²) in [6, 6.07) is 1.71. The zero-order valence-corrected chi connectivity index (χ0v) is 28.9. The molecule has 4 fully saturated rings. The molecule has 248 valence electrons. The molecule has 4 saturated carbocycles. The Balaban J connectivity index is 0.000000829. The molecule has 6 unspecified atom stereocenters. The second-order valence-corrected chi connectivity index (χ2v) is 13.8. The van der Waals surface area contributed by atoms with Crippen LogP contribution in [-0.2, 0) is 0 Å². The zero-order chi connectivity index (χ0) is 34.6. The Hall–Kier alpha value is -3.20. The minimum absolute atomic E-state index is 0.0240. The molecule has 1 aromatic rings. The van der Waals surface area contributed by atoms with Gasteiger partial charge in [-0.25, -0.2) is 4.79 Å². The van der Waals surface area contributed by atoms with Crippen LogP contribution < -0.4 is 0 Å². The maximum atomic E-state index is 11.4. The average molecular weight is 617 g/mol. The third kappa shape index (κ3) is 7.29. The SMILES string of the molecule is C#C.C#C.C#C.C=CC.CC.CC1(C)C(c2cc(C(=O)O)[nH]n2)=CC[C@]2(C)C3CCC4C(CC[C@@]5(CO)CCCC45)C3CCC12. The molecular weight excluding hydrogens is 556 g/mol. The fraction of sp³-hybridized carbons (Fsp3) is 0.650. The van der Waals surface area contributed by atoms with E-state index in [0.29, 0.717) is 17.9 Å². The molecule has 5 nitrogen and oxygen atoms in total. The van der Waals surface area contributed by atoms with Crippen molar-refractivity contribution in [3.63, 3.8) is 0 Å². The Kier molecular flexibility index (Phi) is 15.5. The highest BCUT2D eigenvalue weighted by Gasteiger charge is 2.61. The van der Waals surface area contributed by atoms with Crippen molar-refractivity contribution in [3.05, 3.63) is 36.2 Å². The lowest BCUT2D eigenvalue weighted by molar-refractivity contribution is -0.134. The van der Waals surface area contributed by atoms with Crippen molar-refractivity contribution in [3.8, 4) is 38.5 Å². The lowest BCUT2D eigenvalue weighted by Gasteiger charge is -2.64. The first-order valence-electron chi connectivity index (χ1n) is 16.8. The van der Waals surface area contributed by atoms with Gasteiger partial charge in [-0.1, -0.05) is 53.2 Å². The van der Waals surface area contributed by atoms with Crippen molar-refractivity contribution < 1.29 is 15.0 Å². The Labute approximate surface area is 275 Å². The maximum Gasteiger partial charge on any atom is 0.353 e. The fourth-order valence-electron chi connectivity index (χ4n) is 10.7. The standard InChI is InChI=1S/C29H42N2O3.C3H6.C2H6.3C2H2/c1-27(2)22(23-15-24(26(33)34)31-30-23)11-13-28(3)20-8-6-19-17(18(20)7-9-25(27)28)10-14-29(16-32)12-4-5-21(19)29;1-3-2;4*1-2/h11,15,17-21,25,32H,4-10,12-14,16H2,1-3H3,(H,30,31)(H,33,34);3H,1H2,2H3;1-2H3;3*1-2H/t17?,18?,19?,20?,21?,25?,28-,29-;;;;;/m1...../s1. The van der Waals surface area contributed by atoms with Gasteiger partial charge < -0.3 is 10.2 Å². The van der Waals surface area contributed by atoms with E-state index in [-0.39, 0.29) is 16.5 Å². The molecule has 1 aromatic heterocycles. The molecule has 0 radical (unpaired) electrons. The van der Waals surface area contributed by atoms with Gasteiger partial charge in [0.1, 0.15) is 5.69 Å². The van der Waals surface area contributed by atoms with Crippen LogP contribution in [-0.4, -0.2) is 33.0 Å². The Morgan fingerprint density at radius 3 is 2.09 bits per heavy atom. The number of hydrogen-bond acceptors (Lipinski definition) is 3. The number of allylic oxidation sites excluding steroid dienone is 3. The maximum absolute atomic E-state index is 11.4. The van der Waals surface area contributed by atoms with Crippen LogP contribution in [0.1, 0.15) is 122 Å². The van der Waals surface area contributed by atoms with Gasteiger partial charge in [-0.3, -0.25) is 5.10 Å². The van der Waals surface area contributed by atoms with Crippen molar-refractivity contribution >= 4 is 11.5 Å². The van der Waals surface area contributed by atoms with Crippen molar-refractivity contribution in [1.82, 2.24) is 10.2 Å². The van der Waals surface area contributed by atoms with E-state index in [4.69, 9.17) is 0 Å². The first-order chi connectivity index (χ1) is 21.6. The van der Waals surface area contributed by atoms with E-state index in [1.807, 2.05) is 20.8 Å². The van der Waals surface area contributed by atoms with Crippen LogP contribution in [0.25, 0.3) is 5.57 Å². The van der Waals surface area contributed by atoms with Gasteiger partial charge in [0.2, 0.25) is 0 Å². The highest BCUT2D eigenvalue weighted by Crippen LogP contribution is 2.69. The van der Waals surface area contributed by atoms with E-state index >= 15 is 0 Å². The summed E-state index contributed by atoms with van der Waals surface area (Å²) in [7, 11) is 0. The topological polar surface area (TPSA) is 86.2 Å². The van der Waals surface area contributed by atoms with E-state index < -0.39 is 5.97 Å². The molecule has 0 saturated heterocycles. The minimum Gasteiger partial charge on any atom is -0.477 e. The van der Waals surface area contributed by atoms with Crippen LogP contribution >= 0.6 is 0 Å². The summed E-state index contributed by atoms with van der Waals surface area (Å²) in [5.74, 6) is 3.72. The number of H-pyrrole nitrogens is 1. The van der Waals surface area contributed by atoms with Gasteiger partial charge in [0.25, 0.3) is 0 Å². The smallest absolute Gasteiger partial charge is 0.353 e. The van der Waals surface area contributed by atoms with Crippen LogP contribution in [0, 0.1) is 90.3 Å². The van der Waals surface area contributed by atoms with Crippen molar-refractivity contribution in [2.45, 2.75) is 106 Å². The summed E-state index contributed by atoms with van der Waals surface area (Å²) in [5, 5.41) is 26.8. The van der Waals surface area contributed by atoms with E-state index in [1.54, 1.807) is 12.1 Å². The number of aliphatic hydroxyl groups is 1. The number of carboxylic acids is 1. The minimum atomic E-state index is -0.949. The highest BCUT2D eigenvalue weighted by molar-refractivity contribution is 5.86. The first-order valence-corrected chi connectivity index (χ1v) is 16.8. The van der Waals surface area contributed by atoms with E-state index in [2.05, 4.69) is 82.2 Å². The predicted molar refractivity (Wildman–Crippen MR) is 189 cm³/mol. The fourth-order valence-corrected chi connectivity index (χ4v) is 10.7. The van der Waals surface area contributed by atoms with Crippen LogP contribution in [0.2, 0.25) is 0 Å². The number of fused-ring (bicyclic) bond motifs is 7. The van der Waals surface area contributed by atoms with E-state index in [0.717, 1.165) is 41.7 Å². The molecule has 0 aromatic carbocycles. The number of carboxylic acid groups (broad SMARTS) is 1. The first kappa shape index (κ1) is 39.8. The van der Waals surface area contributed by atoms with E-state index in [9.17, 15) is 15.0 Å². The lowest BCUT2D eigenvalue weighted by atomic mass is 9.41. The van der Waals surface area contributed by atoms with Gasteiger partial charge in [-0.15, -0.1) is 45.1 Å². The van der Waals surface area contributed by atoms with Crippen LogP contribution in [0.15, 0.2) is 24.8 Å². The molecule has 8 atom stereocenters. The molecule has 45 heavy (non-hydrogen) atoms. The Morgan fingerprint density at radius 2 is 1.53 bits per heavy atom. The summed E-state index contributed by atoms with van der Waals surface area (Å²) in [5.41, 5.74) is 2.73. The molecule has 1 heterocycles. The summed E-state index contributed by atoms with van der Waals surface area (Å²) in [6.45, 7) is 17.0. The van der Waals surface area contributed by atoms with Crippen molar-refractivity contribution in [1.29, 1.82) is 0 Å². The highest BCUT2D eigenvalue weighted by atomic mass is 16.4. The van der Waals surface area contributed by atoms with Crippen molar-refractivity contribution in [2.75, 3.05) is 6.61 Å². The number of aromatic nitrogens is 2. The number of carbonyl (C=O) groups is 1. The normalized spacial score (nSPS) is 34.5. The van der Waals surface area contributed by atoms with Gasteiger partial charge in [0.05, 0.1) is 5.69 Å². The third-order valence-corrected chi connectivity index (χ3v) is 12.0. The van der Waals surface area contributed by atoms with Crippen LogP contribution in [0.5, 0.6) is 0 Å². The van der Waals surface area contributed by atoms with Gasteiger partial charge in [0.15, 0.2) is 0 Å². The van der Waals surface area contributed by atoms with Crippen LogP contribution in [0.3, 0.4) is 0 Å². The molecule has 0 amide bonds. The molecule has 5 aliphatic rings. The molecule has 0 aliphatic heterocycles. The molecule has 3 N–H and O–H groups in total. The van der Waals surface area contributed by atoms with Gasteiger partial charge in [-0.05, 0) is 128 Å². The molecule has 5 heteroatoms. The summed E-state index contributed by atoms with van der Waals surface area (Å²) in [4.78, 5) is 11.4. The number of aliphatic hydroxyl groups excluding tert-OH is 1. The number of rotatable bonds is 3. The number of aromatic amines is 1. The predicted octanol–water partition coefficient (Wildman–Crippen LogP) is 9.14. The number of terminal acetylenes is 3. The number of nitrogens with one attached hydrogen (secondary N) is 1. The number of aromatic carboxylic acids is 1. The van der Waals surface area contributed by atoms with Gasteiger partial charge in [0, 0.05) is 6.61 Å². The summed E-state index contributed by atoms with van der Waals surface area (Å²) < 4.78 is 0. The number of nitrogens with zero attached hydrogens (tertiary/aromatic N) is 1. The summed E-state index contributed by atoms with van der Waals surface area (Å²) in [6.07, 6.45) is 41.0. The monoisotopic (exact) mass is 616 g/mol. The van der Waals surface area contributed by atoms with Crippen molar-refractivity contribution in [2.24, 2.45) is 51.8 Å². The lowest BCUT2D eigenvalue weighted by Crippen LogP contribution is -2.57. The second-order valence-electron chi connectivity index (χ2n) is 13.8. The molecular formula is C40H60N2O3.